The first kappa shape index (κ1) is 19.3. The normalized spacial score (nSPS) is 25.4. The SMILES string of the molecule is COC(=O)[C@@H]1C[C@]2(ON=C(c3c(OC)cc(OC)cc3OC)[C@@H]2C#N)C(=O)O1. The molecule has 148 valence electrons. The van der Waals surface area contributed by atoms with Crippen LogP contribution in [0.25, 0.3) is 0 Å². The number of carbonyl (C=O) groups is 2. The monoisotopic (exact) mass is 390 g/mol. The molecule has 0 aromatic heterocycles. The van der Waals surface area contributed by atoms with Crippen molar-refractivity contribution in [2.45, 2.75) is 18.1 Å². The second kappa shape index (κ2) is 7.26. The van der Waals surface area contributed by atoms with E-state index in [2.05, 4.69) is 9.89 Å². The Morgan fingerprint density at radius 3 is 2.36 bits per heavy atom. The Bertz CT molecular complexity index is 865. The summed E-state index contributed by atoms with van der Waals surface area (Å²) in [4.78, 5) is 29.7. The summed E-state index contributed by atoms with van der Waals surface area (Å²) in [6.07, 6.45) is -1.38. The second-order valence-electron chi connectivity index (χ2n) is 6.05. The molecule has 0 bridgehead atoms. The quantitative estimate of drug-likeness (QED) is 0.671. The minimum absolute atomic E-state index is 0.126. The molecule has 0 N–H and O–H groups in total. The van der Waals surface area contributed by atoms with E-state index in [1.165, 1.54) is 28.4 Å². The molecule has 10 heteroatoms. The second-order valence-corrected chi connectivity index (χ2v) is 6.05. The summed E-state index contributed by atoms with van der Waals surface area (Å²) in [5, 5.41) is 13.8. The van der Waals surface area contributed by atoms with Crippen LogP contribution in [0.4, 0.5) is 0 Å². The van der Waals surface area contributed by atoms with Gasteiger partial charge in [0.05, 0.1) is 46.5 Å². The van der Waals surface area contributed by atoms with Crippen molar-refractivity contribution >= 4 is 17.7 Å². The largest absolute Gasteiger partial charge is 0.496 e. The summed E-state index contributed by atoms with van der Waals surface area (Å²) in [6, 6.07) is 5.21. The van der Waals surface area contributed by atoms with Gasteiger partial charge in [-0.05, 0) is 0 Å². The summed E-state index contributed by atoms with van der Waals surface area (Å²) < 4.78 is 25.7. The van der Waals surface area contributed by atoms with Crippen LogP contribution in [0.3, 0.4) is 0 Å². The molecule has 1 aromatic rings. The molecule has 3 atom stereocenters. The molecule has 2 aliphatic rings. The molecule has 1 aromatic carbocycles. The Balaban J connectivity index is 2.06. The maximum atomic E-state index is 12.5. The lowest BCUT2D eigenvalue weighted by Gasteiger charge is -2.21. The van der Waals surface area contributed by atoms with Crippen molar-refractivity contribution in [3.63, 3.8) is 0 Å². The van der Waals surface area contributed by atoms with E-state index in [9.17, 15) is 14.9 Å². The third kappa shape index (κ3) is 2.76. The molecular weight excluding hydrogens is 372 g/mol. The van der Waals surface area contributed by atoms with Gasteiger partial charge in [-0.1, -0.05) is 5.16 Å². The Morgan fingerprint density at radius 1 is 1.21 bits per heavy atom. The van der Waals surface area contributed by atoms with Gasteiger partial charge < -0.3 is 28.5 Å². The lowest BCUT2D eigenvalue weighted by atomic mass is 9.80. The molecule has 3 rings (SSSR count). The topological polar surface area (TPSA) is 126 Å². The van der Waals surface area contributed by atoms with Crippen molar-refractivity contribution in [2.75, 3.05) is 28.4 Å². The van der Waals surface area contributed by atoms with E-state index in [-0.39, 0.29) is 12.1 Å². The highest BCUT2D eigenvalue weighted by atomic mass is 16.7. The van der Waals surface area contributed by atoms with Crippen LogP contribution in [0.1, 0.15) is 12.0 Å². The Morgan fingerprint density at radius 2 is 1.86 bits per heavy atom. The van der Waals surface area contributed by atoms with Crippen molar-refractivity contribution in [2.24, 2.45) is 11.1 Å². The first-order chi connectivity index (χ1) is 13.4. The minimum atomic E-state index is -1.75. The number of methoxy groups -OCH3 is 4. The highest BCUT2D eigenvalue weighted by Gasteiger charge is 2.64. The smallest absolute Gasteiger partial charge is 0.356 e. The predicted molar refractivity (Wildman–Crippen MR) is 92.1 cm³/mol. The summed E-state index contributed by atoms with van der Waals surface area (Å²) in [5.74, 6) is -1.67. The van der Waals surface area contributed by atoms with Crippen LogP contribution in [0.5, 0.6) is 17.2 Å². The predicted octanol–water partition coefficient (Wildman–Crippen LogP) is 0.814. The van der Waals surface area contributed by atoms with E-state index >= 15 is 0 Å². The summed E-state index contributed by atoms with van der Waals surface area (Å²) in [7, 11) is 5.52. The van der Waals surface area contributed by atoms with E-state index in [0.717, 1.165) is 0 Å². The van der Waals surface area contributed by atoms with Gasteiger partial charge in [0.25, 0.3) is 5.60 Å². The highest BCUT2D eigenvalue weighted by Crippen LogP contribution is 2.46. The van der Waals surface area contributed by atoms with Gasteiger partial charge in [0, 0.05) is 12.1 Å². The van der Waals surface area contributed by atoms with E-state index in [1.807, 2.05) is 6.07 Å². The summed E-state index contributed by atoms with van der Waals surface area (Å²) in [6.45, 7) is 0. The van der Waals surface area contributed by atoms with Crippen LogP contribution in [-0.4, -0.2) is 57.8 Å². The van der Waals surface area contributed by atoms with Crippen LogP contribution in [0.2, 0.25) is 0 Å². The Hall–Kier alpha value is -3.48. The number of cyclic esters (lactones) is 1. The van der Waals surface area contributed by atoms with Crippen molar-refractivity contribution in [1.29, 1.82) is 5.26 Å². The van der Waals surface area contributed by atoms with Gasteiger partial charge in [-0.3, -0.25) is 0 Å². The fourth-order valence-corrected chi connectivity index (χ4v) is 3.27. The van der Waals surface area contributed by atoms with E-state index in [0.29, 0.717) is 22.8 Å². The fourth-order valence-electron chi connectivity index (χ4n) is 3.27. The highest BCUT2D eigenvalue weighted by molar-refractivity contribution is 6.12. The first-order valence-electron chi connectivity index (χ1n) is 8.20. The standard InChI is InChI=1S/C18H18N2O8/c1-23-9-5-11(24-2)14(12(6-9)25-3)15-10(8-19)18(28-20-15)7-13(16(21)26-4)27-17(18)22/h5-6,10,13H,7H2,1-4H3/t10-,13-,18+/m0/s1. The average Bonchev–Trinajstić information content (AvgIpc) is 3.26. The van der Waals surface area contributed by atoms with Crippen LogP contribution >= 0.6 is 0 Å². The number of esters is 2. The number of oxime groups is 1. The number of rotatable bonds is 5. The minimum Gasteiger partial charge on any atom is -0.496 e. The zero-order chi connectivity index (χ0) is 20.5. The number of hydrogen-bond acceptors (Lipinski definition) is 10. The van der Waals surface area contributed by atoms with E-state index in [1.54, 1.807) is 12.1 Å². The number of benzene rings is 1. The van der Waals surface area contributed by atoms with Gasteiger partial charge in [0.15, 0.2) is 0 Å². The lowest BCUT2D eigenvalue weighted by Crippen LogP contribution is -2.43. The lowest BCUT2D eigenvalue weighted by molar-refractivity contribution is -0.165. The van der Waals surface area contributed by atoms with Crippen LogP contribution in [0.15, 0.2) is 17.3 Å². The number of ether oxygens (including phenoxy) is 5. The maximum Gasteiger partial charge on any atom is 0.356 e. The fraction of sp³-hybridized carbons (Fsp3) is 0.444. The molecule has 1 saturated heterocycles. The molecule has 28 heavy (non-hydrogen) atoms. The van der Waals surface area contributed by atoms with Crippen molar-refractivity contribution in [1.82, 2.24) is 0 Å². The molecule has 1 fully saturated rings. The third-order valence-electron chi connectivity index (χ3n) is 4.69. The molecule has 0 aliphatic carbocycles. The molecule has 0 radical (unpaired) electrons. The Kier molecular flexibility index (Phi) is 5.00. The molecule has 1 spiro atoms. The van der Waals surface area contributed by atoms with Gasteiger partial charge in [-0.2, -0.15) is 5.26 Å². The zero-order valence-corrected chi connectivity index (χ0v) is 15.7. The number of hydrogen-bond donors (Lipinski definition) is 0. The number of nitrogens with zero attached hydrogens (tertiary/aromatic N) is 2. The molecule has 0 saturated carbocycles. The van der Waals surface area contributed by atoms with Gasteiger partial charge in [0.1, 0.15) is 28.9 Å². The summed E-state index contributed by atoms with van der Waals surface area (Å²) in [5.41, 5.74) is -1.29. The van der Waals surface area contributed by atoms with Crippen LogP contribution in [0, 0.1) is 17.2 Å². The zero-order valence-electron chi connectivity index (χ0n) is 15.7. The van der Waals surface area contributed by atoms with E-state index in [4.69, 9.17) is 23.8 Å². The average molecular weight is 390 g/mol. The first-order valence-corrected chi connectivity index (χ1v) is 8.20. The maximum absolute atomic E-state index is 12.5. The molecule has 0 unspecified atom stereocenters. The van der Waals surface area contributed by atoms with Gasteiger partial charge in [-0.25, -0.2) is 9.59 Å². The number of carbonyl (C=O) groups excluding carboxylic acids is 2. The number of nitriles is 1. The van der Waals surface area contributed by atoms with Gasteiger partial charge in [-0.15, -0.1) is 0 Å². The van der Waals surface area contributed by atoms with Crippen molar-refractivity contribution in [3.8, 4) is 23.3 Å². The summed E-state index contributed by atoms with van der Waals surface area (Å²) >= 11 is 0. The van der Waals surface area contributed by atoms with Crippen LogP contribution in [-0.2, 0) is 23.9 Å². The van der Waals surface area contributed by atoms with E-state index < -0.39 is 29.6 Å². The molecular formula is C18H18N2O8. The molecule has 10 nitrogen and oxygen atoms in total. The third-order valence-corrected chi connectivity index (χ3v) is 4.69. The molecule has 2 aliphatic heterocycles. The van der Waals surface area contributed by atoms with Crippen LogP contribution < -0.4 is 14.2 Å². The van der Waals surface area contributed by atoms with Crippen molar-refractivity contribution < 1.29 is 38.1 Å². The van der Waals surface area contributed by atoms with Crippen molar-refractivity contribution in [3.05, 3.63) is 17.7 Å². The molecule has 2 heterocycles. The molecule has 0 amide bonds. The van der Waals surface area contributed by atoms with Gasteiger partial charge in [0.2, 0.25) is 6.10 Å². The van der Waals surface area contributed by atoms with Gasteiger partial charge >= 0.3 is 11.9 Å². The Labute approximate surface area is 160 Å².